The van der Waals surface area contributed by atoms with Crippen LogP contribution in [0.4, 0.5) is 0 Å². The van der Waals surface area contributed by atoms with Gasteiger partial charge < -0.3 is 15.0 Å². The van der Waals surface area contributed by atoms with Crippen molar-refractivity contribution in [3.63, 3.8) is 0 Å². The normalized spacial score (nSPS) is 11.4. The molecule has 1 aromatic heterocycles. The van der Waals surface area contributed by atoms with Crippen LogP contribution in [-0.4, -0.2) is 55.1 Å². The molecule has 0 bridgehead atoms. The molecule has 1 heterocycles. The van der Waals surface area contributed by atoms with Crippen molar-refractivity contribution in [1.82, 2.24) is 20.0 Å². The molecule has 1 N–H and O–H groups in total. The van der Waals surface area contributed by atoms with Crippen LogP contribution in [0.5, 0.6) is 0 Å². The Bertz CT molecular complexity index is 336. The van der Waals surface area contributed by atoms with Crippen molar-refractivity contribution in [2.45, 2.75) is 19.9 Å². The maximum atomic E-state index is 5.52. The number of rotatable bonds is 9. The highest BCUT2D eigenvalue weighted by Crippen LogP contribution is 2.06. The van der Waals surface area contributed by atoms with Gasteiger partial charge in [-0.15, -0.1) is 0 Å². The number of likely N-dealkylation sites (N-methyl/N-ethyl adjacent to an activating group) is 1. The minimum absolute atomic E-state index is 0.759. The van der Waals surface area contributed by atoms with Crippen LogP contribution in [0.3, 0.4) is 0 Å². The lowest BCUT2D eigenvalue weighted by atomic mass is 10.2. The molecule has 0 spiro atoms. The van der Waals surface area contributed by atoms with Crippen LogP contribution in [0.15, 0.2) is 6.20 Å². The molecular formula is C13H26N4O. The van der Waals surface area contributed by atoms with Crippen LogP contribution in [0.25, 0.3) is 0 Å². The minimum atomic E-state index is 0.759. The van der Waals surface area contributed by atoms with E-state index in [1.807, 2.05) is 11.7 Å². The van der Waals surface area contributed by atoms with Crippen molar-refractivity contribution < 1.29 is 4.74 Å². The average molecular weight is 254 g/mol. The first kappa shape index (κ1) is 15.1. The van der Waals surface area contributed by atoms with E-state index in [1.165, 1.54) is 11.3 Å². The van der Waals surface area contributed by atoms with Gasteiger partial charge in [0.15, 0.2) is 0 Å². The fraction of sp³-hybridized carbons (Fsp3) is 0.769. The number of hydrogen-bond acceptors (Lipinski definition) is 4. The van der Waals surface area contributed by atoms with Crippen molar-refractivity contribution in [2.24, 2.45) is 7.05 Å². The fourth-order valence-corrected chi connectivity index (χ4v) is 1.75. The molecule has 0 saturated carbocycles. The van der Waals surface area contributed by atoms with E-state index in [0.717, 1.165) is 39.3 Å². The van der Waals surface area contributed by atoms with Gasteiger partial charge in [0.2, 0.25) is 0 Å². The van der Waals surface area contributed by atoms with Crippen molar-refractivity contribution in [2.75, 3.05) is 40.4 Å². The summed E-state index contributed by atoms with van der Waals surface area (Å²) in [5.41, 5.74) is 2.46. The molecule has 1 aromatic rings. The first-order valence-corrected chi connectivity index (χ1v) is 6.58. The number of aromatic nitrogens is 2. The quantitative estimate of drug-likeness (QED) is 0.657. The molecule has 0 fully saturated rings. The summed E-state index contributed by atoms with van der Waals surface area (Å²) in [7, 11) is 6.07. The molecular weight excluding hydrogens is 228 g/mol. The van der Waals surface area contributed by atoms with Crippen molar-refractivity contribution in [3.05, 3.63) is 17.5 Å². The number of nitrogens with one attached hydrogen (secondary N) is 1. The molecule has 104 valence electrons. The molecule has 0 aliphatic rings. The summed E-state index contributed by atoms with van der Waals surface area (Å²) in [5, 5.41) is 7.80. The van der Waals surface area contributed by atoms with Gasteiger partial charge in [-0.05, 0) is 20.5 Å². The van der Waals surface area contributed by atoms with Gasteiger partial charge in [0.1, 0.15) is 0 Å². The van der Waals surface area contributed by atoms with E-state index in [-0.39, 0.29) is 0 Å². The molecule has 0 aliphatic carbocycles. The third-order valence-corrected chi connectivity index (χ3v) is 2.75. The highest BCUT2D eigenvalue weighted by Gasteiger charge is 2.04. The largest absolute Gasteiger partial charge is 0.379 e. The van der Waals surface area contributed by atoms with Crippen LogP contribution in [0.2, 0.25) is 0 Å². The second-order valence-electron chi connectivity index (χ2n) is 4.72. The predicted molar refractivity (Wildman–Crippen MR) is 73.7 cm³/mol. The van der Waals surface area contributed by atoms with E-state index in [0.29, 0.717) is 0 Å². The summed E-state index contributed by atoms with van der Waals surface area (Å²) in [6.07, 6.45) is 3.07. The summed E-state index contributed by atoms with van der Waals surface area (Å²) in [6, 6.07) is 0. The summed E-state index contributed by atoms with van der Waals surface area (Å²) in [4.78, 5) is 2.12. The smallest absolute Gasteiger partial charge is 0.0666 e. The molecule has 0 saturated heterocycles. The molecule has 0 aliphatic heterocycles. The Labute approximate surface area is 110 Å². The summed E-state index contributed by atoms with van der Waals surface area (Å²) in [5.74, 6) is 0. The van der Waals surface area contributed by atoms with Crippen molar-refractivity contribution in [3.8, 4) is 0 Å². The van der Waals surface area contributed by atoms with Crippen molar-refractivity contribution in [1.29, 1.82) is 0 Å². The van der Waals surface area contributed by atoms with Gasteiger partial charge in [0, 0.05) is 38.4 Å². The van der Waals surface area contributed by atoms with E-state index in [1.54, 1.807) is 0 Å². The van der Waals surface area contributed by atoms with Gasteiger partial charge in [0.05, 0.1) is 18.9 Å². The van der Waals surface area contributed by atoms with E-state index >= 15 is 0 Å². The Morgan fingerprint density at radius 2 is 2.17 bits per heavy atom. The zero-order valence-corrected chi connectivity index (χ0v) is 12.1. The number of ether oxygens (including phenoxy) is 1. The maximum Gasteiger partial charge on any atom is 0.0666 e. The lowest BCUT2D eigenvalue weighted by Crippen LogP contribution is -2.23. The summed E-state index contributed by atoms with van der Waals surface area (Å²) < 4.78 is 7.40. The molecule has 1 rings (SSSR count). The lowest BCUT2D eigenvalue weighted by Gasteiger charge is -2.10. The molecule has 18 heavy (non-hydrogen) atoms. The Morgan fingerprint density at radius 1 is 1.39 bits per heavy atom. The maximum absolute atomic E-state index is 5.52. The second-order valence-corrected chi connectivity index (χ2v) is 4.72. The summed E-state index contributed by atoms with van der Waals surface area (Å²) >= 11 is 0. The summed E-state index contributed by atoms with van der Waals surface area (Å²) in [6.45, 7) is 6.41. The van der Waals surface area contributed by atoms with E-state index in [2.05, 4.69) is 42.5 Å². The fourth-order valence-electron chi connectivity index (χ4n) is 1.75. The molecule has 0 atom stereocenters. The topological polar surface area (TPSA) is 42.3 Å². The van der Waals surface area contributed by atoms with E-state index in [9.17, 15) is 0 Å². The molecule has 0 unspecified atom stereocenters. The number of hydrogen-bond donors (Lipinski definition) is 1. The minimum Gasteiger partial charge on any atom is -0.379 e. The van der Waals surface area contributed by atoms with Gasteiger partial charge in [-0.25, -0.2) is 0 Å². The van der Waals surface area contributed by atoms with Crippen LogP contribution in [0, 0.1) is 0 Å². The first-order valence-electron chi connectivity index (χ1n) is 6.58. The average Bonchev–Trinajstić information content (AvgIpc) is 2.68. The van der Waals surface area contributed by atoms with Crippen LogP contribution in [0.1, 0.15) is 18.2 Å². The zero-order chi connectivity index (χ0) is 13.4. The Morgan fingerprint density at radius 3 is 2.83 bits per heavy atom. The second kappa shape index (κ2) is 8.24. The monoisotopic (exact) mass is 254 g/mol. The van der Waals surface area contributed by atoms with Crippen LogP contribution >= 0.6 is 0 Å². The molecule has 5 nitrogen and oxygen atoms in total. The highest BCUT2D eigenvalue weighted by molar-refractivity contribution is 5.16. The third kappa shape index (κ3) is 5.62. The standard InChI is InChI=1S/C13H26N4O/c1-5-13-12(11-17(4)15-13)10-14-6-8-18-9-7-16(2)3/h11,14H,5-10H2,1-4H3. The molecule has 0 aromatic carbocycles. The highest BCUT2D eigenvalue weighted by atomic mass is 16.5. The zero-order valence-electron chi connectivity index (χ0n) is 12.1. The Kier molecular flexibility index (Phi) is 6.93. The van der Waals surface area contributed by atoms with Gasteiger partial charge >= 0.3 is 0 Å². The number of aryl methyl sites for hydroxylation is 2. The van der Waals surface area contributed by atoms with E-state index < -0.39 is 0 Å². The van der Waals surface area contributed by atoms with Crippen molar-refractivity contribution >= 4 is 0 Å². The predicted octanol–water partition coefficient (Wildman–Crippen LogP) is 0.650. The van der Waals surface area contributed by atoms with Crippen LogP contribution in [-0.2, 0) is 24.8 Å². The third-order valence-electron chi connectivity index (χ3n) is 2.75. The van der Waals surface area contributed by atoms with E-state index in [4.69, 9.17) is 4.74 Å². The molecule has 0 radical (unpaired) electrons. The van der Waals surface area contributed by atoms with Gasteiger partial charge in [-0.1, -0.05) is 6.92 Å². The molecule has 0 amide bonds. The SMILES string of the molecule is CCc1nn(C)cc1CNCCOCCN(C)C. The lowest BCUT2D eigenvalue weighted by molar-refractivity contribution is 0.119. The van der Waals surface area contributed by atoms with Gasteiger partial charge in [0.25, 0.3) is 0 Å². The van der Waals surface area contributed by atoms with Gasteiger partial charge in [-0.3, -0.25) is 4.68 Å². The Hall–Kier alpha value is -0.910. The van der Waals surface area contributed by atoms with Gasteiger partial charge in [-0.2, -0.15) is 5.10 Å². The molecule has 5 heteroatoms. The number of nitrogens with zero attached hydrogens (tertiary/aromatic N) is 3. The first-order chi connectivity index (χ1) is 8.63. The Balaban J connectivity index is 2.10. The van der Waals surface area contributed by atoms with Crippen LogP contribution < -0.4 is 5.32 Å².